The van der Waals surface area contributed by atoms with E-state index in [0.29, 0.717) is 6.42 Å². The number of hydrogen-bond acceptors (Lipinski definition) is 3. The molecule has 1 aromatic heterocycles. The van der Waals surface area contributed by atoms with E-state index in [1.54, 1.807) is 7.11 Å². The van der Waals surface area contributed by atoms with Crippen molar-refractivity contribution in [2.45, 2.75) is 65.2 Å². The average molecular weight is 254 g/mol. The molecule has 4 nitrogen and oxygen atoms in total. The second kappa shape index (κ2) is 7.54. The van der Waals surface area contributed by atoms with E-state index in [4.69, 9.17) is 4.74 Å². The number of methoxy groups -OCH3 is 1. The first kappa shape index (κ1) is 15.2. The van der Waals surface area contributed by atoms with Gasteiger partial charge < -0.3 is 9.84 Å². The number of aliphatic hydroxyl groups excluding tert-OH is 1. The largest absolute Gasteiger partial charge is 0.390 e. The third-order valence-corrected chi connectivity index (χ3v) is 3.30. The molecule has 104 valence electrons. The monoisotopic (exact) mass is 254 g/mol. The number of aryl methyl sites for hydroxylation is 2. The molecule has 0 bridgehead atoms. The van der Waals surface area contributed by atoms with Crippen LogP contribution in [0.2, 0.25) is 0 Å². The van der Waals surface area contributed by atoms with E-state index in [0.717, 1.165) is 37.2 Å². The van der Waals surface area contributed by atoms with Gasteiger partial charge in [-0.25, -0.2) is 0 Å². The van der Waals surface area contributed by atoms with Crippen molar-refractivity contribution >= 4 is 0 Å². The van der Waals surface area contributed by atoms with Crippen LogP contribution in [0.4, 0.5) is 0 Å². The molecule has 2 unspecified atom stereocenters. The number of aromatic nitrogens is 2. The van der Waals surface area contributed by atoms with Gasteiger partial charge in [0, 0.05) is 25.8 Å². The summed E-state index contributed by atoms with van der Waals surface area (Å²) in [5.74, 6) is 0. The summed E-state index contributed by atoms with van der Waals surface area (Å²) in [5.41, 5.74) is 2.18. The SMILES string of the molecule is CCCC(OC)C(O)Cc1cc(CC)nn1CC. The molecule has 0 aliphatic carbocycles. The van der Waals surface area contributed by atoms with Gasteiger partial charge >= 0.3 is 0 Å². The van der Waals surface area contributed by atoms with Gasteiger partial charge in [-0.15, -0.1) is 0 Å². The van der Waals surface area contributed by atoms with Crippen LogP contribution in [0.3, 0.4) is 0 Å². The number of aliphatic hydroxyl groups is 1. The lowest BCUT2D eigenvalue weighted by Crippen LogP contribution is -2.30. The highest BCUT2D eigenvalue weighted by Crippen LogP contribution is 2.14. The fourth-order valence-electron chi connectivity index (χ4n) is 2.22. The van der Waals surface area contributed by atoms with Crippen molar-refractivity contribution < 1.29 is 9.84 Å². The summed E-state index contributed by atoms with van der Waals surface area (Å²) in [6.45, 7) is 7.11. The molecule has 1 aromatic rings. The summed E-state index contributed by atoms with van der Waals surface area (Å²) in [6, 6.07) is 2.09. The molecule has 0 saturated heterocycles. The molecule has 0 saturated carbocycles. The topological polar surface area (TPSA) is 47.3 Å². The molecule has 0 spiro atoms. The van der Waals surface area contributed by atoms with Crippen molar-refractivity contribution in [1.29, 1.82) is 0 Å². The molecule has 0 fully saturated rings. The van der Waals surface area contributed by atoms with Gasteiger partial charge in [-0.05, 0) is 25.8 Å². The van der Waals surface area contributed by atoms with Gasteiger partial charge in [0.05, 0.1) is 17.9 Å². The van der Waals surface area contributed by atoms with Gasteiger partial charge in [-0.3, -0.25) is 4.68 Å². The molecule has 1 N–H and O–H groups in total. The Hall–Kier alpha value is -0.870. The van der Waals surface area contributed by atoms with E-state index in [1.165, 1.54) is 0 Å². The van der Waals surface area contributed by atoms with Crippen LogP contribution < -0.4 is 0 Å². The Morgan fingerprint density at radius 3 is 2.61 bits per heavy atom. The lowest BCUT2D eigenvalue weighted by atomic mass is 10.0. The first-order valence-corrected chi connectivity index (χ1v) is 6.92. The quantitative estimate of drug-likeness (QED) is 0.773. The van der Waals surface area contributed by atoms with Crippen molar-refractivity contribution in [2.75, 3.05) is 7.11 Å². The third-order valence-electron chi connectivity index (χ3n) is 3.30. The normalized spacial score (nSPS) is 14.7. The zero-order valence-electron chi connectivity index (χ0n) is 12.0. The molecule has 0 aliphatic rings. The molecule has 0 amide bonds. The highest BCUT2D eigenvalue weighted by Gasteiger charge is 2.20. The summed E-state index contributed by atoms with van der Waals surface area (Å²) in [6.07, 6.45) is 2.90. The highest BCUT2D eigenvalue weighted by atomic mass is 16.5. The second-order valence-electron chi connectivity index (χ2n) is 4.63. The maximum absolute atomic E-state index is 10.2. The van der Waals surface area contributed by atoms with Gasteiger partial charge in [0.15, 0.2) is 0 Å². The van der Waals surface area contributed by atoms with Gasteiger partial charge in [-0.2, -0.15) is 5.10 Å². The van der Waals surface area contributed by atoms with Crippen molar-refractivity contribution in [3.05, 3.63) is 17.5 Å². The summed E-state index contributed by atoms with van der Waals surface area (Å²) in [4.78, 5) is 0. The van der Waals surface area contributed by atoms with Crippen molar-refractivity contribution in [1.82, 2.24) is 9.78 Å². The molecule has 0 radical (unpaired) electrons. The van der Waals surface area contributed by atoms with Crippen LogP contribution >= 0.6 is 0 Å². The molecule has 0 aliphatic heterocycles. The molecule has 18 heavy (non-hydrogen) atoms. The Morgan fingerprint density at radius 1 is 1.39 bits per heavy atom. The minimum Gasteiger partial charge on any atom is -0.390 e. The minimum atomic E-state index is -0.457. The predicted octanol–water partition coefficient (Wildman–Crippen LogP) is 2.18. The molecule has 0 aromatic carbocycles. The van der Waals surface area contributed by atoms with E-state index < -0.39 is 6.10 Å². The van der Waals surface area contributed by atoms with Crippen LogP contribution in [0, 0.1) is 0 Å². The van der Waals surface area contributed by atoms with Gasteiger partial charge in [-0.1, -0.05) is 20.3 Å². The number of nitrogens with zero attached hydrogens (tertiary/aromatic N) is 2. The Balaban J connectivity index is 2.73. The Labute approximate surface area is 110 Å². The van der Waals surface area contributed by atoms with Gasteiger partial charge in [0.2, 0.25) is 0 Å². The lowest BCUT2D eigenvalue weighted by molar-refractivity contribution is -0.0167. The van der Waals surface area contributed by atoms with E-state index in [2.05, 4.69) is 31.9 Å². The lowest BCUT2D eigenvalue weighted by Gasteiger charge is -2.21. The first-order chi connectivity index (χ1) is 8.65. The van der Waals surface area contributed by atoms with Crippen LogP contribution in [0.5, 0.6) is 0 Å². The van der Waals surface area contributed by atoms with Crippen LogP contribution in [-0.2, 0) is 24.1 Å². The van der Waals surface area contributed by atoms with E-state index in [9.17, 15) is 5.11 Å². The maximum atomic E-state index is 10.2. The zero-order chi connectivity index (χ0) is 13.5. The van der Waals surface area contributed by atoms with Crippen molar-refractivity contribution in [2.24, 2.45) is 0 Å². The van der Waals surface area contributed by atoms with Crippen LogP contribution in [0.15, 0.2) is 6.07 Å². The fraction of sp³-hybridized carbons (Fsp3) is 0.786. The van der Waals surface area contributed by atoms with Crippen LogP contribution in [0.25, 0.3) is 0 Å². The van der Waals surface area contributed by atoms with E-state index in [1.807, 2.05) is 4.68 Å². The number of ether oxygens (including phenoxy) is 1. The Morgan fingerprint density at radius 2 is 2.11 bits per heavy atom. The smallest absolute Gasteiger partial charge is 0.0856 e. The molecular formula is C14H26N2O2. The molecule has 1 heterocycles. The summed E-state index contributed by atoms with van der Waals surface area (Å²) < 4.78 is 7.32. The summed E-state index contributed by atoms with van der Waals surface area (Å²) in [5, 5.41) is 14.7. The van der Waals surface area contributed by atoms with E-state index >= 15 is 0 Å². The summed E-state index contributed by atoms with van der Waals surface area (Å²) >= 11 is 0. The molecular weight excluding hydrogens is 228 g/mol. The summed E-state index contributed by atoms with van der Waals surface area (Å²) in [7, 11) is 1.66. The number of hydrogen-bond donors (Lipinski definition) is 1. The van der Waals surface area contributed by atoms with Gasteiger partial charge in [0.25, 0.3) is 0 Å². The predicted molar refractivity (Wildman–Crippen MR) is 72.7 cm³/mol. The van der Waals surface area contributed by atoms with Gasteiger partial charge in [0.1, 0.15) is 0 Å². The van der Waals surface area contributed by atoms with Crippen LogP contribution in [-0.4, -0.2) is 34.2 Å². The van der Waals surface area contributed by atoms with Crippen LogP contribution in [0.1, 0.15) is 45.0 Å². The minimum absolute atomic E-state index is 0.0831. The average Bonchev–Trinajstić information content (AvgIpc) is 2.77. The maximum Gasteiger partial charge on any atom is 0.0856 e. The fourth-order valence-corrected chi connectivity index (χ4v) is 2.22. The van der Waals surface area contributed by atoms with Crippen molar-refractivity contribution in [3.63, 3.8) is 0 Å². The zero-order valence-corrected chi connectivity index (χ0v) is 12.0. The third kappa shape index (κ3) is 3.82. The van der Waals surface area contributed by atoms with E-state index in [-0.39, 0.29) is 6.10 Å². The number of rotatable bonds is 8. The standard InChI is InChI=1S/C14H26N2O2/c1-5-8-14(18-4)13(17)10-12-9-11(6-2)15-16(12)7-3/h9,13-14,17H,5-8,10H2,1-4H3. The Bertz CT molecular complexity index is 350. The first-order valence-electron chi connectivity index (χ1n) is 6.92. The second-order valence-corrected chi connectivity index (χ2v) is 4.63. The van der Waals surface area contributed by atoms with Crippen molar-refractivity contribution in [3.8, 4) is 0 Å². The molecule has 2 atom stereocenters. The molecule has 4 heteroatoms. The Kier molecular flexibility index (Phi) is 6.36. The highest BCUT2D eigenvalue weighted by molar-refractivity contribution is 5.11. The molecule has 1 rings (SSSR count).